The van der Waals surface area contributed by atoms with Gasteiger partial charge in [0.15, 0.2) is 0 Å². The van der Waals surface area contributed by atoms with Crippen molar-refractivity contribution in [1.29, 1.82) is 0 Å². The van der Waals surface area contributed by atoms with Gasteiger partial charge in [0.1, 0.15) is 0 Å². The van der Waals surface area contributed by atoms with Gasteiger partial charge >= 0.3 is 17.6 Å². The minimum Gasteiger partial charge on any atom is -0.370 e. The fourth-order valence-electron chi connectivity index (χ4n) is 9.94. The maximum Gasteiger partial charge on any atom is 0.501 e. The summed E-state index contributed by atoms with van der Waals surface area (Å²) in [6.07, 6.45) is 42.1. The van der Waals surface area contributed by atoms with Gasteiger partial charge < -0.3 is 26.6 Å². The molecular formula is C42H78O6S4Si2. The SMILES string of the molecule is C1CCC(O[Si](CCCSSSSCCC[Si](OC2CCCCC2)(OC2CCCCC2)OC2CCCCC2)(OC2CCCCC2)OC2CCCCC2)CC1. The van der Waals surface area contributed by atoms with Gasteiger partial charge in [0.05, 0.1) is 0 Å². The van der Waals surface area contributed by atoms with Crippen LogP contribution >= 0.6 is 41.2 Å². The Hall–Kier alpha value is 1.59. The molecule has 0 spiro atoms. The highest BCUT2D eigenvalue weighted by Gasteiger charge is 2.49. The van der Waals surface area contributed by atoms with E-state index in [0.717, 1.165) is 36.4 Å². The summed E-state index contributed by atoms with van der Waals surface area (Å²) in [4.78, 5) is 0. The summed E-state index contributed by atoms with van der Waals surface area (Å²) < 4.78 is 43.0. The van der Waals surface area contributed by atoms with Crippen LogP contribution in [-0.2, 0) is 26.6 Å². The third-order valence-electron chi connectivity index (χ3n) is 12.9. The summed E-state index contributed by atoms with van der Waals surface area (Å²) in [5.74, 6) is 2.25. The molecule has 0 atom stereocenters. The fraction of sp³-hybridized carbons (Fsp3) is 1.00. The molecule has 0 saturated heterocycles. The Kier molecular flexibility index (Phi) is 21.8. The standard InChI is InChI=1S/C42H78O6S4Si2/c1-7-21-37(22-8-1)43-53(44-38-23-9-2-10-24-38,45-39-25-11-3-12-26-39)35-19-33-49-51-52-50-34-20-36-54(46-40-27-13-4-14-28-40,47-41-29-15-5-16-30-41)48-42-31-17-6-18-32-42/h37-42H,1-36H2. The first-order valence-electron chi connectivity index (χ1n) is 23.3. The Morgan fingerprint density at radius 2 is 0.500 bits per heavy atom. The molecule has 0 aromatic carbocycles. The van der Waals surface area contributed by atoms with Crippen LogP contribution in [0.25, 0.3) is 0 Å². The van der Waals surface area contributed by atoms with Crippen LogP contribution in [0.4, 0.5) is 0 Å². The van der Waals surface area contributed by atoms with E-state index in [0.29, 0.717) is 36.6 Å². The van der Waals surface area contributed by atoms with E-state index >= 15 is 0 Å². The minimum atomic E-state index is -2.78. The lowest BCUT2D eigenvalue weighted by Crippen LogP contribution is -2.53. The van der Waals surface area contributed by atoms with Crippen molar-refractivity contribution in [3.05, 3.63) is 0 Å². The number of rotatable bonds is 23. The average Bonchev–Trinajstić information content (AvgIpc) is 3.21. The summed E-state index contributed by atoms with van der Waals surface area (Å²) in [6, 6.07) is 1.97. The van der Waals surface area contributed by atoms with Crippen LogP contribution in [0, 0.1) is 0 Å². The van der Waals surface area contributed by atoms with Gasteiger partial charge in [-0.3, -0.25) is 0 Å². The third-order valence-corrected chi connectivity index (χ3v) is 25.7. The molecule has 0 heterocycles. The van der Waals surface area contributed by atoms with Gasteiger partial charge in [-0.05, 0) is 110 Å². The lowest BCUT2D eigenvalue weighted by molar-refractivity contribution is -0.0416. The summed E-state index contributed by atoms with van der Waals surface area (Å²) in [6.45, 7) is 0. The van der Waals surface area contributed by atoms with Gasteiger partial charge in [-0.15, -0.1) is 0 Å². The number of hydrogen-bond acceptors (Lipinski definition) is 10. The second-order valence-electron chi connectivity index (χ2n) is 17.6. The minimum absolute atomic E-state index is 0.336. The topological polar surface area (TPSA) is 55.4 Å². The maximum atomic E-state index is 7.17. The average molecular weight is 864 g/mol. The van der Waals surface area contributed by atoms with E-state index in [9.17, 15) is 0 Å². The molecule has 0 radical (unpaired) electrons. The smallest absolute Gasteiger partial charge is 0.370 e. The van der Waals surface area contributed by atoms with Crippen LogP contribution in [0.15, 0.2) is 0 Å². The van der Waals surface area contributed by atoms with Gasteiger partial charge in [-0.25, -0.2) is 0 Å². The second-order valence-corrected chi connectivity index (χ2v) is 29.0. The van der Waals surface area contributed by atoms with E-state index in [1.807, 2.05) is 41.2 Å². The highest BCUT2D eigenvalue weighted by Crippen LogP contribution is 2.45. The summed E-state index contributed by atoms with van der Waals surface area (Å²) >= 11 is 0. The zero-order chi connectivity index (χ0) is 37.0. The maximum absolute atomic E-state index is 7.17. The summed E-state index contributed by atoms with van der Waals surface area (Å²) in [5.41, 5.74) is 0. The van der Waals surface area contributed by atoms with E-state index < -0.39 is 17.6 Å². The molecule has 0 aromatic rings. The van der Waals surface area contributed by atoms with Gasteiger partial charge in [0.25, 0.3) is 0 Å². The molecule has 54 heavy (non-hydrogen) atoms. The molecule has 0 N–H and O–H groups in total. The Balaban J connectivity index is 0.966. The zero-order valence-corrected chi connectivity index (χ0v) is 39.3. The zero-order valence-electron chi connectivity index (χ0n) is 34.0. The monoisotopic (exact) mass is 862 g/mol. The predicted molar refractivity (Wildman–Crippen MR) is 238 cm³/mol. The molecule has 6 fully saturated rings. The van der Waals surface area contributed by atoms with Crippen LogP contribution in [0.1, 0.15) is 205 Å². The van der Waals surface area contributed by atoms with E-state index in [1.54, 1.807) is 0 Å². The van der Waals surface area contributed by atoms with E-state index in [2.05, 4.69) is 0 Å². The second kappa shape index (κ2) is 26.0. The van der Waals surface area contributed by atoms with Gasteiger partial charge in [0, 0.05) is 60.2 Å². The summed E-state index contributed by atoms with van der Waals surface area (Å²) in [7, 11) is 2.40. The quantitative estimate of drug-likeness (QED) is 0.0564. The van der Waals surface area contributed by atoms with Crippen LogP contribution in [-0.4, -0.2) is 65.7 Å². The molecule has 12 heteroatoms. The lowest BCUT2D eigenvalue weighted by Gasteiger charge is -2.41. The van der Waals surface area contributed by atoms with Crippen molar-refractivity contribution in [3.8, 4) is 0 Å². The van der Waals surface area contributed by atoms with Crippen molar-refractivity contribution in [3.63, 3.8) is 0 Å². The van der Waals surface area contributed by atoms with Crippen molar-refractivity contribution in [1.82, 2.24) is 0 Å². The largest absolute Gasteiger partial charge is 0.501 e. The van der Waals surface area contributed by atoms with Crippen LogP contribution in [0.3, 0.4) is 0 Å². The highest BCUT2D eigenvalue weighted by molar-refractivity contribution is 9.26. The molecule has 0 unspecified atom stereocenters. The number of hydrogen-bond donors (Lipinski definition) is 0. The summed E-state index contributed by atoms with van der Waals surface area (Å²) in [5, 5.41) is 0. The van der Waals surface area contributed by atoms with Crippen molar-refractivity contribution >= 4 is 58.8 Å². The third kappa shape index (κ3) is 16.6. The first kappa shape index (κ1) is 45.1. The van der Waals surface area contributed by atoms with E-state index in [4.69, 9.17) is 26.6 Å². The highest BCUT2D eigenvalue weighted by atomic mass is 33.7. The fourth-order valence-corrected chi connectivity index (χ4v) is 23.3. The predicted octanol–water partition coefficient (Wildman–Crippen LogP) is 14.4. The molecule has 0 bridgehead atoms. The molecule has 0 aromatic heterocycles. The van der Waals surface area contributed by atoms with Crippen LogP contribution in [0.2, 0.25) is 12.1 Å². The van der Waals surface area contributed by atoms with Crippen LogP contribution in [0.5, 0.6) is 0 Å². The van der Waals surface area contributed by atoms with Crippen molar-refractivity contribution in [2.24, 2.45) is 0 Å². The Bertz CT molecular complexity index is 792. The van der Waals surface area contributed by atoms with E-state index in [1.165, 1.54) is 193 Å². The molecule has 0 aliphatic heterocycles. The molecule has 6 nitrogen and oxygen atoms in total. The molecule has 314 valence electrons. The molecule has 6 saturated carbocycles. The molecule has 6 aliphatic carbocycles. The van der Waals surface area contributed by atoms with Gasteiger partial charge in [0.2, 0.25) is 0 Å². The van der Waals surface area contributed by atoms with Crippen molar-refractivity contribution < 1.29 is 26.6 Å². The first-order chi connectivity index (χ1) is 26.7. The van der Waals surface area contributed by atoms with Gasteiger partial charge in [-0.1, -0.05) is 137 Å². The lowest BCUT2D eigenvalue weighted by atomic mass is 9.98. The molecule has 0 amide bonds. The molecular weight excluding hydrogens is 785 g/mol. The van der Waals surface area contributed by atoms with Crippen LogP contribution < -0.4 is 0 Å². The molecule has 6 rings (SSSR count). The van der Waals surface area contributed by atoms with Crippen molar-refractivity contribution in [2.75, 3.05) is 11.5 Å². The Morgan fingerprint density at radius 3 is 0.704 bits per heavy atom. The van der Waals surface area contributed by atoms with Gasteiger partial charge in [-0.2, -0.15) is 0 Å². The van der Waals surface area contributed by atoms with E-state index in [-0.39, 0.29) is 0 Å². The Labute approximate surface area is 349 Å². The molecule has 6 aliphatic rings. The Morgan fingerprint density at radius 1 is 0.296 bits per heavy atom. The van der Waals surface area contributed by atoms with Crippen molar-refractivity contribution in [2.45, 2.75) is 254 Å². The first-order valence-corrected chi connectivity index (χ1v) is 32.3. The normalized spacial score (nSPS) is 24.7.